The summed E-state index contributed by atoms with van der Waals surface area (Å²) in [6, 6.07) is -0.787. The minimum absolute atomic E-state index is 0.0666. The third-order valence-electron chi connectivity index (χ3n) is 9.51. The van der Waals surface area contributed by atoms with Gasteiger partial charge in [-0.05, 0) is 19.3 Å². The van der Waals surface area contributed by atoms with Gasteiger partial charge < -0.3 is 19.4 Å². The second-order valence-corrected chi connectivity index (χ2v) is 16.9. The summed E-state index contributed by atoms with van der Waals surface area (Å²) in [5.74, 6) is -0.0896. The van der Waals surface area contributed by atoms with Crippen molar-refractivity contribution in [2.75, 3.05) is 47.9 Å². The van der Waals surface area contributed by atoms with Gasteiger partial charge in [0.1, 0.15) is 19.8 Å². The Hall–Kier alpha value is -0.600. The summed E-state index contributed by atoms with van der Waals surface area (Å²) in [6.07, 6.45) is 34.2. The molecular formula is C40H82N2O6P+. The van der Waals surface area contributed by atoms with E-state index in [-0.39, 0.29) is 19.1 Å². The molecule has 2 N–H and O–H groups in total. The molecule has 0 aliphatic rings. The number of carbonyl (C=O) groups excluding carboxylic acids is 1. The molecule has 0 aromatic rings. The molecule has 0 aromatic heterocycles. The van der Waals surface area contributed by atoms with Gasteiger partial charge in [0.15, 0.2) is 0 Å². The van der Waals surface area contributed by atoms with E-state index in [9.17, 15) is 19.7 Å². The number of unbranched alkanes of at least 4 members (excludes halogenated alkanes) is 23. The molecule has 1 amide bonds. The van der Waals surface area contributed by atoms with Crippen LogP contribution in [0.4, 0.5) is 0 Å². The number of allylic oxidation sites excluding steroid dienone is 1. The second-order valence-electron chi connectivity index (χ2n) is 15.4. The monoisotopic (exact) mass is 718 g/mol. The van der Waals surface area contributed by atoms with E-state index in [0.29, 0.717) is 17.4 Å². The lowest BCUT2D eigenvalue weighted by Gasteiger charge is -2.32. The molecule has 0 saturated carbocycles. The molecule has 0 saturated heterocycles. The standard InChI is InChI=1S/C40H81N2O6P/c1-7-9-11-13-15-17-19-21-23-25-27-29-31-33-39(43)38(37-48-49(45,46)47-36-35-42(4,5)6)41(3)40(44)34-32-30-28-26-24-22-20-18-16-14-12-10-8-2/h31,33,38-39,43H,7-30,32,34-37H2,1-6H3/p+1/b33-31+/t38-,39+/m1/s1. The van der Waals surface area contributed by atoms with Gasteiger partial charge in [0.05, 0.1) is 33.3 Å². The number of phosphoric acid groups is 1. The number of likely N-dealkylation sites (N-methyl/N-ethyl adjacent to an activating group) is 2. The topological polar surface area (TPSA) is 102 Å². The van der Waals surface area contributed by atoms with E-state index in [2.05, 4.69) is 13.8 Å². The Balaban J connectivity index is 4.65. The number of hydrogen-bond donors (Lipinski definition) is 2. The van der Waals surface area contributed by atoms with Gasteiger partial charge in [-0.2, -0.15) is 13.9 Å². The van der Waals surface area contributed by atoms with E-state index >= 15 is 0 Å². The van der Waals surface area contributed by atoms with Gasteiger partial charge in [-0.25, -0.2) is 0 Å². The summed E-state index contributed by atoms with van der Waals surface area (Å²) in [6.45, 7) is 4.83. The number of phosphoric ester groups is 1. The Morgan fingerprint density at radius 2 is 1.12 bits per heavy atom. The molecule has 0 fully saturated rings. The van der Waals surface area contributed by atoms with E-state index in [1.165, 1.54) is 133 Å². The van der Waals surface area contributed by atoms with Gasteiger partial charge in [-0.15, -0.1) is 0 Å². The molecule has 0 aliphatic heterocycles. The van der Waals surface area contributed by atoms with Crippen molar-refractivity contribution in [3.63, 3.8) is 0 Å². The average Bonchev–Trinajstić information content (AvgIpc) is 3.04. The fraction of sp³-hybridized carbons (Fsp3) is 0.925. The van der Waals surface area contributed by atoms with Crippen LogP contribution < -0.4 is 4.89 Å². The molecule has 0 spiro atoms. The quantitative estimate of drug-likeness (QED) is 0.0290. The highest BCUT2D eigenvalue weighted by Gasteiger charge is 2.34. The smallest absolute Gasteiger partial charge is 0.377 e. The first-order valence-electron chi connectivity index (χ1n) is 20.5. The van der Waals surface area contributed by atoms with Crippen molar-refractivity contribution in [3.05, 3.63) is 12.2 Å². The van der Waals surface area contributed by atoms with Crippen LogP contribution >= 0.6 is 8.17 Å². The minimum Gasteiger partial charge on any atom is -0.606 e. The lowest BCUT2D eigenvalue weighted by atomic mass is 10.0. The number of amides is 1. The van der Waals surface area contributed by atoms with Gasteiger partial charge in [0.2, 0.25) is 5.91 Å². The fourth-order valence-corrected chi connectivity index (χ4v) is 6.75. The Morgan fingerprint density at radius 3 is 1.55 bits per heavy atom. The van der Waals surface area contributed by atoms with E-state index in [4.69, 9.17) is 9.05 Å². The van der Waals surface area contributed by atoms with E-state index in [0.717, 1.165) is 32.1 Å². The molecule has 0 aromatic carbocycles. The predicted molar refractivity (Wildman–Crippen MR) is 207 cm³/mol. The van der Waals surface area contributed by atoms with Crippen LogP contribution in [0.3, 0.4) is 0 Å². The van der Waals surface area contributed by atoms with Crippen molar-refractivity contribution >= 4 is 14.1 Å². The third kappa shape index (κ3) is 31.8. The molecule has 0 aliphatic carbocycles. The first-order valence-corrected chi connectivity index (χ1v) is 22.0. The number of carbonyl (C=O) groups is 1. The third-order valence-corrected chi connectivity index (χ3v) is 10.5. The highest BCUT2D eigenvalue weighted by Crippen LogP contribution is 2.47. The number of aliphatic hydroxyl groups is 1. The minimum atomic E-state index is -4.34. The van der Waals surface area contributed by atoms with Crippen molar-refractivity contribution in [2.24, 2.45) is 0 Å². The number of quaternary nitrogens is 1. The van der Waals surface area contributed by atoms with Crippen LogP contribution in [0.2, 0.25) is 0 Å². The molecule has 0 radical (unpaired) electrons. The van der Waals surface area contributed by atoms with Crippen LogP contribution in [0, 0.1) is 0 Å². The summed E-state index contributed by atoms with van der Waals surface area (Å²) in [5.41, 5.74) is 0. The predicted octanol–water partition coefficient (Wildman–Crippen LogP) is 9.68. The van der Waals surface area contributed by atoms with E-state index in [1.807, 2.05) is 27.2 Å². The lowest BCUT2D eigenvalue weighted by molar-refractivity contribution is -0.870. The zero-order valence-corrected chi connectivity index (χ0v) is 34.1. The second kappa shape index (κ2) is 32.1. The zero-order chi connectivity index (χ0) is 36.6. The number of rotatable bonds is 36. The Kier molecular flexibility index (Phi) is 31.7. The molecule has 3 atom stereocenters. The Bertz CT molecular complexity index is 776. The lowest BCUT2D eigenvalue weighted by Crippen LogP contribution is -2.47. The molecule has 1 unspecified atom stereocenters. The van der Waals surface area contributed by atoms with Crippen molar-refractivity contribution in [1.29, 1.82) is 0 Å². The van der Waals surface area contributed by atoms with E-state index in [1.54, 1.807) is 13.1 Å². The summed E-state index contributed by atoms with van der Waals surface area (Å²) < 4.78 is 11.1. The fourth-order valence-electron chi connectivity index (χ4n) is 6.02. The van der Waals surface area contributed by atoms with Crippen LogP contribution in [0.25, 0.3) is 0 Å². The number of nitrogens with zero attached hydrogens (tertiary/aromatic N) is 2. The molecule has 9 heteroatoms. The van der Waals surface area contributed by atoms with Gasteiger partial charge in [0.25, 0.3) is 0 Å². The SMILES string of the molecule is CCCCCCCCCCCCC/C=C/[C@H](O)[C@@H](CO[P+]([O-])(O)OCC[N+](C)(C)C)N(C)C(=O)CCCCCCCCCCCCCCC. The molecule has 292 valence electrons. The Morgan fingerprint density at radius 1 is 0.714 bits per heavy atom. The maximum Gasteiger partial charge on any atom is 0.377 e. The summed E-state index contributed by atoms with van der Waals surface area (Å²) in [4.78, 5) is 37.6. The maximum absolute atomic E-state index is 13.2. The van der Waals surface area contributed by atoms with Crippen LogP contribution in [0.15, 0.2) is 12.2 Å². The zero-order valence-electron chi connectivity index (χ0n) is 33.2. The summed E-state index contributed by atoms with van der Waals surface area (Å²) in [5, 5.41) is 11.1. The molecule has 49 heavy (non-hydrogen) atoms. The number of hydrogen-bond acceptors (Lipinski definition) is 6. The largest absolute Gasteiger partial charge is 0.606 e. The molecule has 0 rings (SSSR count). The van der Waals surface area contributed by atoms with Crippen LogP contribution in [-0.2, 0) is 13.8 Å². The van der Waals surface area contributed by atoms with Crippen molar-refractivity contribution < 1.29 is 33.2 Å². The van der Waals surface area contributed by atoms with Gasteiger partial charge in [-0.1, -0.05) is 167 Å². The molecule has 0 bridgehead atoms. The first kappa shape index (κ1) is 48.4. The average molecular weight is 718 g/mol. The molecule has 8 nitrogen and oxygen atoms in total. The summed E-state index contributed by atoms with van der Waals surface area (Å²) >= 11 is 0. The van der Waals surface area contributed by atoms with Crippen molar-refractivity contribution in [2.45, 2.75) is 193 Å². The van der Waals surface area contributed by atoms with Crippen LogP contribution in [0.5, 0.6) is 0 Å². The maximum atomic E-state index is 13.2. The van der Waals surface area contributed by atoms with Crippen molar-refractivity contribution in [1.82, 2.24) is 4.90 Å². The van der Waals surface area contributed by atoms with Crippen molar-refractivity contribution in [3.8, 4) is 0 Å². The number of aliphatic hydroxyl groups excluding tert-OH is 1. The van der Waals surface area contributed by atoms with E-state index < -0.39 is 20.3 Å². The van der Waals surface area contributed by atoms with Crippen LogP contribution in [-0.4, -0.2) is 85.4 Å². The molecule has 0 heterocycles. The molecular weight excluding hydrogens is 635 g/mol. The Labute approximate surface area is 304 Å². The highest BCUT2D eigenvalue weighted by molar-refractivity contribution is 7.52. The first-order chi connectivity index (χ1) is 23.4. The normalized spacial score (nSPS) is 14.7. The summed E-state index contributed by atoms with van der Waals surface area (Å²) in [7, 11) is 3.23. The van der Waals surface area contributed by atoms with Gasteiger partial charge in [0, 0.05) is 13.5 Å². The highest BCUT2D eigenvalue weighted by atomic mass is 31.2. The van der Waals surface area contributed by atoms with Gasteiger partial charge >= 0.3 is 8.17 Å². The van der Waals surface area contributed by atoms with Gasteiger partial charge in [-0.3, -0.25) is 4.79 Å². The van der Waals surface area contributed by atoms with Crippen LogP contribution in [0.1, 0.15) is 181 Å².